The zero-order chi connectivity index (χ0) is 33.4. The molecule has 3 rings (SSSR count). The maximum atomic E-state index is 14.0. The van der Waals surface area contributed by atoms with Crippen molar-refractivity contribution in [2.24, 2.45) is 17.6 Å². The van der Waals surface area contributed by atoms with E-state index in [0.29, 0.717) is 24.1 Å². The number of benzene rings is 2. The third kappa shape index (κ3) is 9.85. The van der Waals surface area contributed by atoms with Crippen molar-refractivity contribution in [3.8, 4) is 5.75 Å². The quantitative estimate of drug-likeness (QED) is 0.227. The van der Waals surface area contributed by atoms with Gasteiger partial charge in [-0.25, -0.2) is 18.0 Å². The number of nitrogens with zero attached hydrogens (tertiary/aromatic N) is 1. The summed E-state index contributed by atoms with van der Waals surface area (Å²) >= 11 is 1.29. The van der Waals surface area contributed by atoms with E-state index in [-0.39, 0.29) is 42.7 Å². The first kappa shape index (κ1) is 35.7. The molecule has 4 atom stereocenters. The van der Waals surface area contributed by atoms with Crippen LogP contribution in [0.5, 0.6) is 5.75 Å². The Balaban J connectivity index is 1.53. The largest absolute Gasteiger partial charge is 0.480 e. The average molecular weight is 653 g/mol. The van der Waals surface area contributed by atoms with Gasteiger partial charge in [-0.15, -0.1) is 11.8 Å². The fourth-order valence-electron chi connectivity index (χ4n) is 4.71. The number of carbonyl (C=O) groups is 4. The summed E-state index contributed by atoms with van der Waals surface area (Å²) in [5.41, 5.74) is 6.60. The van der Waals surface area contributed by atoms with Gasteiger partial charge in [-0.2, -0.15) is 0 Å². The first-order chi connectivity index (χ1) is 21.2. The number of thioether (sulfide) groups is 1. The number of nitrogens with two attached hydrogens (primary N) is 1. The molecule has 0 aromatic heterocycles. The van der Waals surface area contributed by atoms with Crippen LogP contribution in [0.25, 0.3) is 0 Å². The van der Waals surface area contributed by atoms with E-state index in [9.17, 15) is 37.5 Å². The number of aliphatic carboxylic acids is 1. The van der Waals surface area contributed by atoms with E-state index >= 15 is 0 Å². The summed E-state index contributed by atoms with van der Waals surface area (Å²) < 4.78 is 46.6. The second kappa shape index (κ2) is 16.0. The highest BCUT2D eigenvalue weighted by atomic mass is 32.2. The third-order valence-electron chi connectivity index (χ3n) is 7.19. The molecule has 0 spiro atoms. The van der Waals surface area contributed by atoms with E-state index in [1.807, 2.05) is 0 Å². The maximum absolute atomic E-state index is 14.0. The number of ether oxygens (including phenoxy) is 1. The van der Waals surface area contributed by atoms with Gasteiger partial charge in [0, 0.05) is 37.4 Å². The topological polar surface area (TPSA) is 151 Å². The Bertz CT molecular complexity index is 1380. The van der Waals surface area contributed by atoms with Crippen LogP contribution >= 0.6 is 11.8 Å². The first-order valence-corrected chi connectivity index (χ1v) is 15.6. The lowest BCUT2D eigenvalue weighted by atomic mass is 10.0. The summed E-state index contributed by atoms with van der Waals surface area (Å²) in [5, 5.41) is 13.9. The molecule has 0 radical (unpaired) electrons. The number of carboxylic acid groups (broad SMARTS) is 1. The first-order valence-electron chi connectivity index (χ1n) is 14.5. The number of carboxylic acids is 1. The van der Waals surface area contributed by atoms with Gasteiger partial charge in [-0.3, -0.25) is 14.4 Å². The molecule has 1 heterocycles. The summed E-state index contributed by atoms with van der Waals surface area (Å²) in [5.74, 6) is -5.59. The average Bonchev–Trinajstić information content (AvgIpc) is 3.46. The lowest BCUT2D eigenvalue weighted by Gasteiger charge is -2.25. The Morgan fingerprint density at radius 1 is 1.02 bits per heavy atom. The normalized spacial score (nSPS) is 16.8. The molecule has 0 bridgehead atoms. The standard InChI is InChI=1S/C31H39F3N4O6S/c1-16(2)26(31(42)43)37-28(40)27(17(3)4)44-21-7-5-18(6-8-21)15-36-29(41)30-38(9-10-45-30)25(39)13-20(35)11-19-12-23(33)24(34)14-22(19)32/h5-8,12,14,16-17,20,26-27,30H,9-11,13,15,35H2,1-4H3,(H,36,41)(H,37,40)(H,42,43)/t20-,26?,27?,30?/m1/s1. The molecule has 45 heavy (non-hydrogen) atoms. The van der Waals surface area contributed by atoms with Crippen LogP contribution in [0.15, 0.2) is 36.4 Å². The second-order valence-corrected chi connectivity index (χ2v) is 12.7. The number of hydrogen-bond acceptors (Lipinski definition) is 7. The molecule has 2 aromatic rings. The van der Waals surface area contributed by atoms with Crippen molar-refractivity contribution in [2.75, 3.05) is 12.3 Å². The maximum Gasteiger partial charge on any atom is 0.326 e. The minimum atomic E-state index is -1.31. The number of amides is 3. The van der Waals surface area contributed by atoms with Crippen LogP contribution in [-0.2, 0) is 32.1 Å². The third-order valence-corrected chi connectivity index (χ3v) is 8.39. The van der Waals surface area contributed by atoms with Crippen LogP contribution in [0, 0.1) is 29.3 Å². The van der Waals surface area contributed by atoms with E-state index < -0.39 is 58.8 Å². The monoisotopic (exact) mass is 652 g/mol. The van der Waals surface area contributed by atoms with Crippen LogP contribution in [0.1, 0.15) is 45.2 Å². The molecule has 1 saturated heterocycles. The van der Waals surface area contributed by atoms with Crippen molar-refractivity contribution in [2.45, 2.75) is 70.6 Å². The second-order valence-electron chi connectivity index (χ2n) is 11.5. The van der Waals surface area contributed by atoms with Crippen molar-refractivity contribution in [3.05, 3.63) is 65.0 Å². The molecule has 1 fully saturated rings. The smallest absolute Gasteiger partial charge is 0.326 e. The van der Waals surface area contributed by atoms with Gasteiger partial charge in [0.05, 0.1) is 0 Å². The Labute approximate surface area is 264 Å². The summed E-state index contributed by atoms with van der Waals surface area (Å²) in [7, 11) is 0. The van der Waals surface area contributed by atoms with Crippen LogP contribution in [0.3, 0.4) is 0 Å². The van der Waals surface area contributed by atoms with Crippen molar-refractivity contribution < 1.29 is 42.2 Å². The highest BCUT2D eigenvalue weighted by Gasteiger charge is 2.35. The molecule has 2 aromatic carbocycles. The van der Waals surface area contributed by atoms with Crippen molar-refractivity contribution in [1.29, 1.82) is 0 Å². The molecule has 0 saturated carbocycles. The van der Waals surface area contributed by atoms with Gasteiger partial charge < -0.3 is 31.1 Å². The van der Waals surface area contributed by atoms with Crippen LogP contribution in [-0.4, -0.2) is 69.6 Å². The molecule has 14 heteroatoms. The molecular formula is C31H39F3N4O6S. The summed E-state index contributed by atoms with van der Waals surface area (Å²) in [6.07, 6.45) is -1.33. The predicted octanol–water partition coefficient (Wildman–Crippen LogP) is 3.21. The number of rotatable bonds is 14. The Morgan fingerprint density at radius 2 is 1.67 bits per heavy atom. The molecule has 10 nitrogen and oxygen atoms in total. The van der Waals surface area contributed by atoms with Crippen molar-refractivity contribution >= 4 is 35.5 Å². The van der Waals surface area contributed by atoms with Gasteiger partial charge >= 0.3 is 5.97 Å². The number of nitrogens with one attached hydrogen (secondary N) is 2. The zero-order valence-corrected chi connectivity index (χ0v) is 26.3. The van der Waals surface area contributed by atoms with E-state index in [0.717, 1.165) is 11.6 Å². The Kier molecular flexibility index (Phi) is 12.7. The lowest BCUT2D eigenvalue weighted by Crippen LogP contribution is -2.51. The molecule has 246 valence electrons. The van der Waals surface area contributed by atoms with E-state index in [1.54, 1.807) is 52.0 Å². The van der Waals surface area contributed by atoms with Crippen molar-refractivity contribution in [3.63, 3.8) is 0 Å². The zero-order valence-electron chi connectivity index (χ0n) is 25.5. The summed E-state index contributed by atoms with van der Waals surface area (Å²) in [6, 6.07) is 5.93. The highest BCUT2D eigenvalue weighted by Crippen LogP contribution is 2.26. The SMILES string of the molecule is CC(C)C(NC(=O)C(Oc1ccc(CNC(=O)C2SCCN2C(=O)C[C@H](N)Cc2cc(F)c(F)cc2F)cc1)C(C)C)C(=O)O. The van der Waals surface area contributed by atoms with Gasteiger partial charge in [-0.1, -0.05) is 39.8 Å². The molecule has 3 unspecified atom stereocenters. The minimum Gasteiger partial charge on any atom is -0.480 e. The molecule has 0 aliphatic carbocycles. The fraction of sp³-hybridized carbons (Fsp3) is 0.484. The van der Waals surface area contributed by atoms with E-state index in [1.165, 1.54) is 16.7 Å². The molecule has 3 amide bonds. The van der Waals surface area contributed by atoms with E-state index in [2.05, 4.69) is 10.6 Å². The van der Waals surface area contributed by atoms with Gasteiger partial charge in [0.25, 0.3) is 11.8 Å². The van der Waals surface area contributed by atoms with Crippen molar-refractivity contribution in [1.82, 2.24) is 15.5 Å². The number of hydrogen-bond donors (Lipinski definition) is 4. The predicted molar refractivity (Wildman–Crippen MR) is 163 cm³/mol. The van der Waals surface area contributed by atoms with Gasteiger partial charge in [0.1, 0.15) is 17.6 Å². The van der Waals surface area contributed by atoms with Gasteiger partial charge in [-0.05, 0) is 47.6 Å². The Morgan fingerprint density at radius 3 is 2.27 bits per heavy atom. The highest BCUT2D eigenvalue weighted by molar-refractivity contribution is 8.00. The lowest BCUT2D eigenvalue weighted by molar-refractivity contribution is -0.144. The van der Waals surface area contributed by atoms with E-state index in [4.69, 9.17) is 10.5 Å². The summed E-state index contributed by atoms with van der Waals surface area (Å²) in [6.45, 7) is 7.43. The van der Waals surface area contributed by atoms with Crippen LogP contribution in [0.4, 0.5) is 13.2 Å². The molecule has 1 aliphatic rings. The molecular weight excluding hydrogens is 613 g/mol. The molecule has 5 N–H and O–H groups in total. The number of halogens is 3. The Hall–Kier alpha value is -3.78. The van der Waals surface area contributed by atoms with Gasteiger partial charge in [0.2, 0.25) is 5.91 Å². The molecule has 1 aliphatic heterocycles. The fourth-order valence-corrected chi connectivity index (χ4v) is 5.87. The number of carbonyl (C=O) groups excluding carboxylic acids is 3. The van der Waals surface area contributed by atoms with Crippen LogP contribution in [0.2, 0.25) is 0 Å². The summed E-state index contributed by atoms with van der Waals surface area (Å²) in [4.78, 5) is 51.6. The van der Waals surface area contributed by atoms with Crippen LogP contribution < -0.4 is 21.1 Å². The van der Waals surface area contributed by atoms with Gasteiger partial charge in [0.15, 0.2) is 23.1 Å². The minimum absolute atomic E-state index is 0.142.